The van der Waals surface area contributed by atoms with E-state index in [1.165, 1.54) is 12.0 Å². The summed E-state index contributed by atoms with van der Waals surface area (Å²) in [5.74, 6) is 3.00. The van der Waals surface area contributed by atoms with Gasteiger partial charge in [-0.2, -0.15) is 0 Å². The van der Waals surface area contributed by atoms with E-state index < -0.39 is 0 Å². The predicted octanol–water partition coefficient (Wildman–Crippen LogP) is 6.68. The molecule has 0 saturated heterocycles. The van der Waals surface area contributed by atoms with Gasteiger partial charge in [-0.05, 0) is 61.2 Å². The summed E-state index contributed by atoms with van der Waals surface area (Å²) in [6, 6.07) is 26.7. The quantitative estimate of drug-likeness (QED) is 0.266. The SMILES string of the molecule is COc1cc(OC)cc(-c2nc3n(c2-c2ccc(C4(N)CCC4)cc2)-c2cccnc2Nc2ccccc2-3)c1. The molecular formula is C32H29N5O2. The Labute approximate surface area is 227 Å². The molecule has 1 aliphatic carbocycles. The van der Waals surface area contributed by atoms with Crippen molar-refractivity contribution >= 4 is 11.5 Å². The molecule has 3 aromatic carbocycles. The number of aromatic nitrogens is 3. The Kier molecular flexibility index (Phi) is 5.42. The average molecular weight is 516 g/mol. The van der Waals surface area contributed by atoms with Crippen molar-refractivity contribution in [2.45, 2.75) is 24.8 Å². The van der Waals surface area contributed by atoms with Crippen LogP contribution in [0.25, 0.3) is 39.6 Å². The smallest absolute Gasteiger partial charge is 0.154 e. The molecule has 7 nitrogen and oxygen atoms in total. The lowest BCUT2D eigenvalue weighted by atomic mass is 9.72. The van der Waals surface area contributed by atoms with Crippen LogP contribution in [0.4, 0.5) is 11.5 Å². The number of methoxy groups -OCH3 is 2. The fraction of sp³-hybridized carbons (Fsp3) is 0.188. The van der Waals surface area contributed by atoms with Crippen molar-refractivity contribution in [1.82, 2.24) is 14.5 Å². The van der Waals surface area contributed by atoms with E-state index in [0.717, 1.165) is 63.9 Å². The van der Waals surface area contributed by atoms with Crippen molar-refractivity contribution in [3.05, 3.63) is 90.6 Å². The van der Waals surface area contributed by atoms with Gasteiger partial charge < -0.3 is 20.5 Å². The van der Waals surface area contributed by atoms with E-state index >= 15 is 0 Å². The predicted molar refractivity (Wildman–Crippen MR) is 154 cm³/mol. The molecule has 1 fully saturated rings. The van der Waals surface area contributed by atoms with Crippen molar-refractivity contribution in [1.29, 1.82) is 0 Å². The number of para-hydroxylation sites is 1. The zero-order valence-corrected chi connectivity index (χ0v) is 21.9. The zero-order chi connectivity index (χ0) is 26.6. The molecule has 1 saturated carbocycles. The van der Waals surface area contributed by atoms with Gasteiger partial charge in [0.1, 0.15) is 17.3 Å². The fourth-order valence-corrected chi connectivity index (χ4v) is 5.64. The molecule has 7 heteroatoms. The lowest BCUT2D eigenvalue weighted by Crippen LogP contribution is -2.43. The number of anilines is 2. The lowest BCUT2D eigenvalue weighted by molar-refractivity contribution is 0.253. The first-order valence-electron chi connectivity index (χ1n) is 13.2. The second-order valence-electron chi connectivity index (χ2n) is 10.2. The van der Waals surface area contributed by atoms with Crippen LogP contribution in [0.3, 0.4) is 0 Å². The summed E-state index contributed by atoms with van der Waals surface area (Å²) in [5, 5.41) is 3.53. The van der Waals surface area contributed by atoms with Gasteiger partial charge in [0.25, 0.3) is 0 Å². The molecular weight excluding hydrogens is 486 g/mol. The first-order valence-corrected chi connectivity index (χ1v) is 13.2. The van der Waals surface area contributed by atoms with Crippen LogP contribution in [-0.2, 0) is 5.54 Å². The highest BCUT2D eigenvalue weighted by Crippen LogP contribution is 2.46. The van der Waals surface area contributed by atoms with Crippen LogP contribution in [-0.4, -0.2) is 28.8 Å². The van der Waals surface area contributed by atoms with Crippen LogP contribution >= 0.6 is 0 Å². The third kappa shape index (κ3) is 3.77. The lowest BCUT2D eigenvalue weighted by Gasteiger charge is -2.38. The molecule has 194 valence electrons. The molecule has 0 bridgehead atoms. The summed E-state index contributed by atoms with van der Waals surface area (Å²) in [6.45, 7) is 0. The van der Waals surface area contributed by atoms with E-state index in [4.69, 9.17) is 25.2 Å². The summed E-state index contributed by atoms with van der Waals surface area (Å²) in [7, 11) is 3.32. The number of rotatable bonds is 5. The van der Waals surface area contributed by atoms with E-state index in [0.29, 0.717) is 11.5 Å². The Morgan fingerprint density at radius 1 is 0.872 bits per heavy atom. The maximum atomic E-state index is 6.66. The number of hydrogen-bond acceptors (Lipinski definition) is 6. The van der Waals surface area contributed by atoms with Crippen LogP contribution in [0.2, 0.25) is 0 Å². The number of nitrogens with two attached hydrogens (primary N) is 1. The van der Waals surface area contributed by atoms with Crippen molar-refractivity contribution < 1.29 is 9.47 Å². The molecule has 7 rings (SSSR count). The number of imidazole rings is 1. The first kappa shape index (κ1) is 23.5. The van der Waals surface area contributed by atoms with Gasteiger partial charge in [0, 0.05) is 34.5 Å². The van der Waals surface area contributed by atoms with Crippen LogP contribution < -0.4 is 20.5 Å². The minimum absolute atomic E-state index is 0.227. The van der Waals surface area contributed by atoms with Crippen LogP contribution in [0.1, 0.15) is 24.8 Å². The minimum atomic E-state index is -0.227. The summed E-state index contributed by atoms with van der Waals surface area (Å²) >= 11 is 0. The standard InChI is InChI=1S/C32H29N5O2/c1-38-23-17-21(18-24(19-23)39-2)28-29(20-10-12-22(13-11-20)32(33)14-6-15-32)37-27-9-5-16-34-30(27)35-26-8-4-3-7-25(26)31(37)36-28/h3-5,7-13,16-19H,6,14-15,33H2,1-2H3,(H,34,35). The highest BCUT2D eigenvalue weighted by atomic mass is 16.5. The topological polar surface area (TPSA) is 87.2 Å². The zero-order valence-electron chi connectivity index (χ0n) is 21.9. The van der Waals surface area contributed by atoms with E-state index in [1.807, 2.05) is 36.4 Å². The Morgan fingerprint density at radius 2 is 1.62 bits per heavy atom. The third-order valence-corrected chi connectivity index (χ3v) is 7.93. The van der Waals surface area contributed by atoms with Gasteiger partial charge >= 0.3 is 0 Å². The molecule has 0 atom stereocenters. The molecule has 2 aromatic heterocycles. The monoisotopic (exact) mass is 515 g/mol. The van der Waals surface area contributed by atoms with E-state index in [1.54, 1.807) is 20.4 Å². The first-order chi connectivity index (χ1) is 19.1. The average Bonchev–Trinajstić information content (AvgIpc) is 3.30. The highest BCUT2D eigenvalue weighted by molar-refractivity contribution is 5.91. The largest absolute Gasteiger partial charge is 0.497 e. The van der Waals surface area contributed by atoms with Crippen LogP contribution in [0.15, 0.2) is 85.1 Å². The number of nitrogens with zero attached hydrogens (tertiary/aromatic N) is 3. The molecule has 39 heavy (non-hydrogen) atoms. The van der Waals surface area contributed by atoms with Crippen LogP contribution in [0, 0.1) is 0 Å². The second-order valence-corrected chi connectivity index (χ2v) is 10.2. The van der Waals surface area contributed by atoms with E-state index in [2.05, 4.69) is 52.3 Å². The Balaban J connectivity index is 1.54. The van der Waals surface area contributed by atoms with Crippen molar-refractivity contribution in [2.75, 3.05) is 19.5 Å². The molecule has 3 heterocycles. The number of ether oxygens (including phenoxy) is 2. The Morgan fingerprint density at radius 3 is 2.31 bits per heavy atom. The normalized spacial score (nSPS) is 14.6. The van der Waals surface area contributed by atoms with Gasteiger partial charge in [0.2, 0.25) is 0 Å². The minimum Gasteiger partial charge on any atom is -0.497 e. The number of pyridine rings is 1. The van der Waals surface area contributed by atoms with E-state index in [9.17, 15) is 0 Å². The summed E-state index contributed by atoms with van der Waals surface area (Å²) in [6.07, 6.45) is 5.01. The fourth-order valence-electron chi connectivity index (χ4n) is 5.64. The Bertz CT molecular complexity index is 1680. The second kappa shape index (κ2) is 8.99. The summed E-state index contributed by atoms with van der Waals surface area (Å²) in [5.41, 5.74) is 14.2. The van der Waals surface area contributed by atoms with Crippen molar-refractivity contribution in [3.63, 3.8) is 0 Å². The van der Waals surface area contributed by atoms with Gasteiger partial charge in [0.05, 0.1) is 37.0 Å². The molecule has 0 unspecified atom stereocenters. The van der Waals surface area contributed by atoms with Crippen LogP contribution in [0.5, 0.6) is 11.5 Å². The molecule has 2 aliphatic rings. The van der Waals surface area contributed by atoms with E-state index in [-0.39, 0.29) is 5.54 Å². The Hall–Kier alpha value is -4.62. The number of benzene rings is 3. The van der Waals surface area contributed by atoms with Gasteiger partial charge in [-0.3, -0.25) is 4.57 Å². The number of fused-ring (bicyclic) bond motifs is 5. The molecule has 1 aliphatic heterocycles. The third-order valence-electron chi connectivity index (χ3n) is 7.93. The molecule has 0 amide bonds. The van der Waals surface area contributed by atoms with Gasteiger partial charge in [-0.15, -0.1) is 0 Å². The van der Waals surface area contributed by atoms with Gasteiger partial charge in [-0.1, -0.05) is 36.4 Å². The number of nitrogens with one attached hydrogen (secondary N) is 1. The maximum Gasteiger partial charge on any atom is 0.154 e. The molecule has 0 spiro atoms. The maximum absolute atomic E-state index is 6.66. The highest BCUT2D eigenvalue weighted by Gasteiger charge is 2.34. The van der Waals surface area contributed by atoms with Crippen molar-refractivity contribution in [2.24, 2.45) is 5.73 Å². The van der Waals surface area contributed by atoms with Crippen molar-refractivity contribution in [3.8, 4) is 51.1 Å². The molecule has 0 radical (unpaired) electrons. The molecule has 5 aromatic rings. The summed E-state index contributed by atoms with van der Waals surface area (Å²) < 4.78 is 13.5. The molecule has 3 N–H and O–H groups in total. The summed E-state index contributed by atoms with van der Waals surface area (Å²) in [4.78, 5) is 10.0. The van der Waals surface area contributed by atoms with Gasteiger partial charge in [0.15, 0.2) is 5.82 Å². The number of hydrogen-bond donors (Lipinski definition) is 2. The van der Waals surface area contributed by atoms with Gasteiger partial charge in [-0.25, -0.2) is 9.97 Å².